The number of morpholine rings is 1. The van der Waals surface area contributed by atoms with Crippen LogP contribution in [0.25, 0.3) is 5.76 Å². The van der Waals surface area contributed by atoms with Crippen molar-refractivity contribution in [3.8, 4) is 5.75 Å². The van der Waals surface area contributed by atoms with Gasteiger partial charge in [-0.15, -0.1) is 0 Å². The molecule has 1 saturated heterocycles. The second-order valence-electron chi connectivity index (χ2n) is 10.4. The summed E-state index contributed by atoms with van der Waals surface area (Å²) in [6.07, 6.45) is 2.44. The number of amides is 1. The van der Waals surface area contributed by atoms with Gasteiger partial charge in [0.05, 0.1) is 24.8 Å². The van der Waals surface area contributed by atoms with Crippen molar-refractivity contribution < 1.29 is 39.5 Å². The lowest BCUT2D eigenvalue weighted by Gasteiger charge is -2.51. The van der Waals surface area contributed by atoms with Gasteiger partial charge < -0.3 is 30.9 Å². The van der Waals surface area contributed by atoms with Gasteiger partial charge in [-0.2, -0.15) is 0 Å². The van der Waals surface area contributed by atoms with Crippen molar-refractivity contribution in [1.82, 2.24) is 4.90 Å². The number of phenols is 1. The van der Waals surface area contributed by atoms with E-state index in [1.165, 1.54) is 6.07 Å². The van der Waals surface area contributed by atoms with Crippen LogP contribution >= 0.6 is 0 Å². The number of carbonyl (C=O) groups is 3. The molecule has 0 spiro atoms. The number of benzene rings is 1. The highest BCUT2D eigenvalue weighted by atomic mass is 16.5. The van der Waals surface area contributed by atoms with Gasteiger partial charge in [0.15, 0.2) is 11.4 Å². The van der Waals surface area contributed by atoms with Gasteiger partial charge in [0.25, 0.3) is 5.91 Å². The van der Waals surface area contributed by atoms with Crippen molar-refractivity contribution in [2.24, 2.45) is 17.6 Å². The van der Waals surface area contributed by atoms with E-state index in [1.807, 2.05) is 6.07 Å². The molecular weight excluding hydrogens is 468 g/mol. The van der Waals surface area contributed by atoms with Crippen LogP contribution in [0.2, 0.25) is 0 Å². The molecule has 4 aliphatic carbocycles. The zero-order valence-corrected chi connectivity index (χ0v) is 19.6. The highest BCUT2D eigenvalue weighted by Crippen LogP contribution is 2.54. The molecule has 6 rings (SSSR count). The number of carbonyl (C=O) groups excluding carboxylic acids is 3. The van der Waals surface area contributed by atoms with E-state index >= 15 is 0 Å². The first-order chi connectivity index (χ1) is 17.2. The lowest BCUT2D eigenvalue weighted by Crippen LogP contribution is -2.67. The van der Waals surface area contributed by atoms with Crippen molar-refractivity contribution in [1.29, 1.82) is 0 Å². The number of phenolic OH excluding ortho intramolecular Hbond substituents is 1. The number of aromatic hydroxyl groups is 1. The molecular formula is C26H28N2O8. The summed E-state index contributed by atoms with van der Waals surface area (Å²) in [5.41, 5.74) is 3.83. The normalized spacial score (nSPS) is 32.8. The molecule has 36 heavy (non-hydrogen) atoms. The predicted octanol–water partition coefficient (Wildman–Crippen LogP) is 0.612. The van der Waals surface area contributed by atoms with Crippen LogP contribution in [0.4, 0.5) is 0 Å². The third-order valence-electron chi connectivity index (χ3n) is 8.54. The number of ether oxygens (including phenoxy) is 1. The van der Waals surface area contributed by atoms with Gasteiger partial charge in [0.1, 0.15) is 22.8 Å². The van der Waals surface area contributed by atoms with E-state index in [-0.39, 0.29) is 23.3 Å². The number of nitrogens with zero attached hydrogens (tertiary/aromatic N) is 1. The van der Waals surface area contributed by atoms with Crippen molar-refractivity contribution in [2.45, 2.75) is 43.2 Å². The predicted molar refractivity (Wildman–Crippen MR) is 125 cm³/mol. The molecule has 0 aromatic heterocycles. The largest absolute Gasteiger partial charge is 0.508 e. The Morgan fingerprint density at radius 1 is 1.08 bits per heavy atom. The summed E-state index contributed by atoms with van der Waals surface area (Å²) >= 11 is 0. The number of fused-ring (bicyclic) bond motifs is 3. The van der Waals surface area contributed by atoms with Gasteiger partial charge in [0, 0.05) is 24.6 Å². The Morgan fingerprint density at radius 3 is 2.42 bits per heavy atom. The Morgan fingerprint density at radius 2 is 1.78 bits per heavy atom. The van der Waals surface area contributed by atoms with Gasteiger partial charge >= 0.3 is 0 Å². The topological polar surface area (TPSA) is 171 Å². The molecule has 1 aliphatic heterocycles. The number of aliphatic hydroxyl groups is 3. The molecule has 10 heteroatoms. The molecule has 4 atom stereocenters. The van der Waals surface area contributed by atoms with Crippen LogP contribution in [0.5, 0.6) is 5.75 Å². The second kappa shape index (κ2) is 7.89. The Balaban J connectivity index is 1.54. The third-order valence-corrected chi connectivity index (χ3v) is 8.54. The summed E-state index contributed by atoms with van der Waals surface area (Å²) in [5.74, 6) is -5.92. The molecule has 4 unspecified atom stereocenters. The van der Waals surface area contributed by atoms with Gasteiger partial charge in [-0.3, -0.25) is 19.3 Å². The van der Waals surface area contributed by atoms with Crippen LogP contribution in [0.15, 0.2) is 29.0 Å². The molecule has 0 radical (unpaired) electrons. The van der Waals surface area contributed by atoms with Gasteiger partial charge in [-0.25, -0.2) is 0 Å². The van der Waals surface area contributed by atoms with E-state index in [9.17, 15) is 34.8 Å². The van der Waals surface area contributed by atoms with Crippen LogP contribution < -0.4 is 5.73 Å². The minimum Gasteiger partial charge on any atom is -0.508 e. The zero-order valence-electron chi connectivity index (χ0n) is 19.6. The minimum atomic E-state index is -2.62. The maximum Gasteiger partial charge on any atom is 0.255 e. The molecule has 2 saturated carbocycles. The van der Waals surface area contributed by atoms with E-state index in [2.05, 4.69) is 0 Å². The van der Waals surface area contributed by atoms with Crippen molar-refractivity contribution in [2.75, 3.05) is 26.3 Å². The van der Waals surface area contributed by atoms with E-state index in [0.717, 1.165) is 24.0 Å². The summed E-state index contributed by atoms with van der Waals surface area (Å²) in [5, 5.41) is 44.7. The lowest BCUT2D eigenvalue weighted by molar-refractivity contribution is -0.157. The molecule has 1 aromatic carbocycles. The van der Waals surface area contributed by atoms with E-state index in [0.29, 0.717) is 38.6 Å². The standard InChI is InChI=1S/C26H28N2O8/c27-25(34)19-22(31)20(28-5-7-36-8-6-28)15-10-12-9-14-13(11-1-2-11)3-4-16(29)18(14)21(30)17(12)23(32)26(15,35)24(19)33/h3-4,11-12,15,20,29-30,33,35H,1-2,5-10H2,(H2,27,34). The number of rotatable bonds is 3. The summed E-state index contributed by atoms with van der Waals surface area (Å²) in [4.78, 5) is 41.4. The van der Waals surface area contributed by atoms with Gasteiger partial charge in [-0.1, -0.05) is 6.07 Å². The Kier molecular flexibility index (Phi) is 5.09. The maximum absolute atomic E-state index is 13.9. The van der Waals surface area contributed by atoms with Crippen LogP contribution in [0, 0.1) is 11.8 Å². The lowest BCUT2D eigenvalue weighted by atomic mass is 9.57. The Bertz CT molecular complexity index is 1270. The molecule has 1 amide bonds. The SMILES string of the molecule is NC(=O)C1=C(O)C2(O)C(=O)C3=C(O)c4c(O)ccc(C5CC5)c4CC3CC2C(N2CCOCC2)C1=O. The number of nitrogens with two attached hydrogens (primary N) is 1. The molecule has 10 nitrogen and oxygen atoms in total. The van der Waals surface area contributed by atoms with E-state index < -0.39 is 58.0 Å². The first kappa shape index (κ1) is 23.2. The molecule has 1 heterocycles. The summed E-state index contributed by atoms with van der Waals surface area (Å²) in [6, 6.07) is 2.27. The Hall–Kier alpha value is -3.21. The van der Waals surface area contributed by atoms with Crippen molar-refractivity contribution in [3.05, 3.63) is 45.7 Å². The van der Waals surface area contributed by atoms with Crippen LogP contribution in [-0.2, 0) is 25.5 Å². The van der Waals surface area contributed by atoms with Crippen LogP contribution in [0.1, 0.15) is 41.9 Å². The highest BCUT2D eigenvalue weighted by molar-refractivity contribution is 6.24. The number of ketones is 2. The molecule has 6 N–H and O–H groups in total. The maximum atomic E-state index is 13.9. The quantitative estimate of drug-likeness (QED) is 0.376. The zero-order chi connectivity index (χ0) is 25.5. The van der Waals surface area contributed by atoms with E-state index in [4.69, 9.17) is 10.5 Å². The first-order valence-corrected chi connectivity index (χ1v) is 12.3. The number of Topliss-reactive ketones (excluding diaryl/α,β-unsaturated/α-hetero) is 2. The number of primary amides is 1. The first-order valence-electron chi connectivity index (χ1n) is 12.3. The van der Waals surface area contributed by atoms with Gasteiger partial charge in [-0.05, 0) is 54.7 Å². The number of hydrogen-bond donors (Lipinski definition) is 5. The fourth-order valence-corrected chi connectivity index (χ4v) is 6.73. The average Bonchev–Trinajstić information content (AvgIpc) is 3.67. The number of hydrogen-bond acceptors (Lipinski definition) is 9. The van der Waals surface area contributed by atoms with Crippen LogP contribution in [0.3, 0.4) is 0 Å². The van der Waals surface area contributed by atoms with E-state index in [1.54, 1.807) is 4.90 Å². The minimum absolute atomic E-state index is 0.102. The molecule has 190 valence electrons. The summed E-state index contributed by atoms with van der Waals surface area (Å²) < 4.78 is 5.40. The Labute approximate surface area is 206 Å². The fraction of sp³-hybridized carbons (Fsp3) is 0.500. The molecule has 5 aliphatic rings. The highest BCUT2D eigenvalue weighted by Gasteiger charge is 2.64. The van der Waals surface area contributed by atoms with Crippen molar-refractivity contribution in [3.63, 3.8) is 0 Å². The molecule has 1 aromatic rings. The van der Waals surface area contributed by atoms with Crippen molar-refractivity contribution >= 4 is 23.2 Å². The summed E-state index contributed by atoms with van der Waals surface area (Å²) in [7, 11) is 0. The third kappa shape index (κ3) is 3.04. The fourth-order valence-electron chi connectivity index (χ4n) is 6.73. The number of aliphatic hydroxyl groups excluding tert-OH is 2. The molecule has 0 bridgehead atoms. The molecule has 3 fully saturated rings. The van der Waals surface area contributed by atoms with Gasteiger partial charge in [0.2, 0.25) is 5.78 Å². The second-order valence-corrected chi connectivity index (χ2v) is 10.4. The summed E-state index contributed by atoms with van der Waals surface area (Å²) in [6.45, 7) is 1.34. The smallest absolute Gasteiger partial charge is 0.255 e. The average molecular weight is 497 g/mol. The van der Waals surface area contributed by atoms with Crippen LogP contribution in [-0.4, -0.2) is 80.7 Å². The monoisotopic (exact) mass is 496 g/mol.